The van der Waals surface area contributed by atoms with E-state index in [0.29, 0.717) is 35.3 Å². The molecule has 3 heterocycles. The number of hydrogen-bond acceptors (Lipinski definition) is 7. The summed E-state index contributed by atoms with van der Waals surface area (Å²) >= 11 is 1.32. The summed E-state index contributed by atoms with van der Waals surface area (Å²) in [7, 11) is 0. The normalized spacial score (nSPS) is 16.3. The highest BCUT2D eigenvalue weighted by Gasteiger charge is 2.30. The number of nitrogens with zero attached hydrogens (tertiary/aromatic N) is 3. The van der Waals surface area contributed by atoms with E-state index in [-0.39, 0.29) is 30.4 Å². The van der Waals surface area contributed by atoms with Crippen molar-refractivity contribution < 1.29 is 19.1 Å². The van der Waals surface area contributed by atoms with Gasteiger partial charge in [-0.2, -0.15) is 0 Å². The summed E-state index contributed by atoms with van der Waals surface area (Å²) in [5.74, 6) is 1.25. The van der Waals surface area contributed by atoms with Crippen LogP contribution in [0.4, 0.5) is 5.69 Å². The Balaban J connectivity index is 1.18. The van der Waals surface area contributed by atoms with E-state index in [1.165, 1.54) is 11.3 Å². The second-order valence-corrected chi connectivity index (χ2v) is 9.45. The molecule has 0 radical (unpaired) electrons. The van der Waals surface area contributed by atoms with Gasteiger partial charge in [0.15, 0.2) is 11.5 Å². The smallest absolute Gasteiger partial charge is 0.286 e. The number of carbonyl (C=O) groups excluding carboxylic acids is 2. The lowest BCUT2D eigenvalue weighted by Gasteiger charge is -2.33. The molecule has 0 spiro atoms. The standard InChI is InChI=1S/C25H26N4O4S/c1-2-19(16-6-4-3-5-7-16)25(31)29-12-10-17(11-13-29)23-27-28-24(34-23)22(30)26-18-8-9-20-21(14-18)33-15-32-20/h3-9,14,17,19H,2,10-13,15H2,1H3,(H,26,30)/t19-/m1/s1. The third kappa shape index (κ3) is 4.61. The maximum absolute atomic E-state index is 13.1. The quantitative estimate of drug-likeness (QED) is 0.564. The van der Waals surface area contributed by atoms with Crippen molar-refractivity contribution in [1.82, 2.24) is 15.1 Å². The van der Waals surface area contributed by atoms with Crippen LogP contribution in [0.15, 0.2) is 48.5 Å². The Labute approximate surface area is 201 Å². The Morgan fingerprint density at radius 3 is 2.62 bits per heavy atom. The Kier molecular flexibility index (Phi) is 6.44. The van der Waals surface area contributed by atoms with Crippen LogP contribution in [-0.2, 0) is 4.79 Å². The van der Waals surface area contributed by atoms with Gasteiger partial charge in [0.05, 0.1) is 5.92 Å². The highest BCUT2D eigenvalue weighted by atomic mass is 32.1. The van der Waals surface area contributed by atoms with Crippen LogP contribution < -0.4 is 14.8 Å². The number of rotatable bonds is 6. The Bertz CT molecular complexity index is 1170. The lowest BCUT2D eigenvalue weighted by Crippen LogP contribution is -2.40. The number of fused-ring (bicyclic) bond motifs is 1. The number of amides is 2. The van der Waals surface area contributed by atoms with Crippen LogP contribution in [0.25, 0.3) is 0 Å². The Morgan fingerprint density at radius 2 is 1.85 bits per heavy atom. The van der Waals surface area contributed by atoms with E-state index in [1.807, 2.05) is 35.2 Å². The first kappa shape index (κ1) is 22.3. The van der Waals surface area contributed by atoms with E-state index in [0.717, 1.165) is 29.8 Å². The lowest BCUT2D eigenvalue weighted by molar-refractivity contribution is -0.134. The van der Waals surface area contributed by atoms with Gasteiger partial charge in [0.2, 0.25) is 17.7 Å². The van der Waals surface area contributed by atoms with Gasteiger partial charge in [0.25, 0.3) is 5.91 Å². The van der Waals surface area contributed by atoms with Crippen molar-refractivity contribution in [3.05, 3.63) is 64.1 Å². The zero-order valence-electron chi connectivity index (χ0n) is 18.9. The third-order valence-electron chi connectivity index (χ3n) is 6.33. The summed E-state index contributed by atoms with van der Waals surface area (Å²) in [5.41, 5.74) is 1.68. The first-order chi connectivity index (χ1) is 16.6. The van der Waals surface area contributed by atoms with E-state index in [9.17, 15) is 9.59 Å². The first-order valence-electron chi connectivity index (χ1n) is 11.5. The van der Waals surface area contributed by atoms with Crippen LogP contribution in [-0.4, -0.2) is 46.8 Å². The average molecular weight is 479 g/mol. The molecule has 2 aromatic carbocycles. The van der Waals surface area contributed by atoms with Gasteiger partial charge in [-0.3, -0.25) is 9.59 Å². The molecular weight excluding hydrogens is 452 g/mol. The van der Waals surface area contributed by atoms with E-state index in [1.54, 1.807) is 18.2 Å². The average Bonchev–Trinajstić information content (AvgIpc) is 3.55. The van der Waals surface area contributed by atoms with Crippen molar-refractivity contribution in [2.75, 3.05) is 25.2 Å². The number of aromatic nitrogens is 2. The van der Waals surface area contributed by atoms with E-state index >= 15 is 0 Å². The van der Waals surface area contributed by atoms with Crippen molar-refractivity contribution in [3.8, 4) is 11.5 Å². The Hall–Kier alpha value is -3.46. The first-order valence-corrected chi connectivity index (χ1v) is 12.3. The molecule has 0 bridgehead atoms. The number of piperidine rings is 1. The molecule has 0 saturated carbocycles. The number of anilines is 1. The summed E-state index contributed by atoms with van der Waals surface area (Å²) < 4.78 is 10.7. The van der Waals surface area contributed by atoms with Crippen LogP contribution >= 0.6 is 11.3 Å². The second-order valence-electron chi connectivity index (χ2n) is 8.44. The molecule has 1 N–H and O–H groups in total. The largest absolute Gasteiger partial charge is 0.454 e. The summed E-state index contributed by atoms with van der Waals surface area (Å²) in [4.78, 5) is 27.8. The molecule has 2 aliphatic heterocycles. The second kappa shape index (κ2) is 9.80. The predicted molar refractivity (Wildman–Crippen MR) is 128 cm³/mol. The summed E-state index contributed by atoms with van der Waals surface area (Å²) in [5, 5.41) is 12.4. The van der Waals surface area contributed by atoms with Gasteiger partial charge in [-0.25, -0.2) is 0 Å². The molecule has 1 saturated heterocycles. The maximum Gasteiger partial charge on any atom is 0.286 e. The lowest BCUT2D eigenvalue weighted by atomic mass is 9.92. The zero-order chi connectivity index (χ0) is 23.5. The van der Waals surface area contributed by atoms with Crippen LogP contribution in [0.5, 0.6) is 11.5 Å². The molecule has 9 heteroatoms. The highest BCUT2D eigenvalue weighted by Crippen LogP contribution is 2.35. The fraction of sp³-hybridized carbons (Fsp3) is 0.360. The molecule has 2 amide bonds. The van der Waals surface area contributed by atoms with Crippen molar-refractivity contribution in [3.63, 3.8) is 0 Å². The highest BCUT2D eigenvalue weighted by molar-refractivity contribution is 7.13. The number of benzene rings is 2. The molecule has 8 nitrogen and oxygen atoms in total. The van der Waals surface area contributed by atoms with Gasteiger partial charge in [-0.15, -0.1) is 10.2 Å². The van der Waals surface area contributed by atoms with Crippen molar-refractivity contribution in [1.29, 1.82) is 0 Å². The van der Waals surface area contributed by atoms with Gasteiger partial charge in [-0.05, 0) is 37.0 Å². The van der Waals surface area contributed by atoms with Crippen LogP contribution in [0.2, 0.25) is 0 Å². The van der Waals surface area contributed by atoms with Gasteiger partial charge < -0.3 is 19.7 Å². The number of likely N-dealkylation sites (tertiary alicyclic amines) is 1. The van der Waals surface area contributed by atoms with Gasteiger partial charge in [0.1, 0.15) is 5.01 Å². The van der Waals surface area contributed by atoms with Crippen LogP contribution in [0, 0.1) is 0 Å². The molecule has 1 fully saturated rings. The molecule has 1 atom stereocenters. The van der Waals surface area contributed by atoms with E-state index in [2.05, 4.69) is 22.4 Å². The monoisotopic (exact) mass is 478 g/mol. The van der Waals surface area contributed by atoms with Gasteiger partial charge in [0, 0.05) is 30.8 Å². The van der Waals surface area contributed by atoms with E-state index in [4.69, 9.17) is 9.47 Å². The minimum absolute atomic E-state index is 0.106. The van der Waals surface area contributed by atoms with E-state index < -0.39 is 0 Å². The topological polar surface area (TPSA) is 93.7 Å². The maximum atomic E-state index is 13.1. The summed E-state index contributed by atoms with van der Waals surface area (Å²) in [6, 6.07) is 15.2. The molecule has 1 aromatic heterocycles. The SMILES string of the molecule is CC[C@@H](C(=O)N1CCC(c2nnc(C(=O)Nc3ccc4c(c3)OCO4)s2)CC1)c1ccccc1. The molecule has 0 aliphatic carbocycles. The number of hydrogen-bond donors (Lipinski definition) is 1. The minimum atomic E-state index is -0.302. The van der Waals surface area contributed by atoms with Crippen molar-refractivity contribution in [2.24, 2.45) is 0 Å². The van der Waals surface area contributed by atoms with Crippen molar-refractivity contribution in [2.45, 2.75) is 38.0 Å². The number of nitrogens with one attached hydrogen (secondary N) is 1. The summed E-state index contributed by atoms with van der Waals surface area (Å²) in [6.45, 7) is 3.61. The summed E-state index contributed by atoms with van der Waals surface area (Å²) in [6.07, 6.45) is 2.41. The van der Waals surface area contributed by atoms with Crippen LogP contribution in [0.3, 0.4) is 0 Å². The van der Waals surface area contributed by atoms with Gasteiger partial charge >= 0.3 is 0 Å². The van der Waals surface area contributed by atoms with Gasteiger partial charge in [-0.1, -0.05) is 48.6 Å². The number of ether oxygens (including phenoxy) is 2. The zero-order valence-corrected chi connectivity index (χ0v) is 19.7. The fourth-order valence-electron chi connectivity index (χ4n) is 4.46. The number of carbonyl (C=O) groups is 2. The molecular formula is C25H26N4O4S. The van der Waals surface area contributed by atoms with Crippen molar-refractivity contribution >= 4 is 28.8 Å². The Morgan fingerprint density at radius 1 is 1.09 bits per heavy atom. The molecule has 3 aromatic rings. The minimum Gasteiger partial charge on any atom is -0.454 e. The predicted octanol–water partition coefficient (Wildman–Crippen LogP) is 4.42. The fourth-order valence-corrected chi connectivity index (χ4v) is 5.36. The van der Waals surface area contributed by atoms with Crippen LogP contribution in [0.1, 0.15) is 58.4 Å². The molecule has 5 rings (SSSR count). The molecule has 2 aliphatic rings. The third-order valence-corrected chi connectivity index (χ3v) is 7.41. The molecule has 34 heavy (non-hydrogen) atoms. The molecule has 176 valence electrons. The molecule has 0 unspecified atom stereocenters.